The second kappa shape index (κ2) is 6.40. The van der Waals surface area contributed by atoms with Gasteiger partial charge < -0.3 is 9.94 Å². The first-order chi connectivity index (χ1) is 6.47. The van der Waals surface area contributed by atoms with E-state index in [-0.39, 0.29) is 11.8 Å². The third-order valence-electron chi connectivity index (χ3n) is 1.66. The largest absolute Gasteiger partial charge is 0.458 e. The minimum absolute atomic E-state index is 0.104. The van der Waals surface area contributed by atoms with Crippen molar-refractivity contribution in [1.82, 2.24) is 0 Å². The highest BCUT2D eigenvalue weighted by Gasteiger charge is 2.15. The van der Waals surface area contributed by atoms with Crippen molar-refractivity contribution in [2.75, 3.05) is 0 Å². The Kier molecular flexibility index (Phi) is 5.92. The van der Waals surface area contributed by atoms with Gasteiger partial charge in [-0.1, -0.05) is 19.0 Å². The summed E-state index contributed by atoms with van der Waals surface area (Å²) >= 11 is 0. The topological polar surface area (TPSA) is 58.9 Å². The molecule has 0 aromatic carbocycles. The zero-order valence-electron chi connectivity index (χ0n) is 9.28. The molecule has 14 heavy (non-hydrogen) atoms. The van der Waals surface area contributed by atoms with Gasteiger partial charge in [0.15, 0.2) is 5.71 Å². The number of nitrogens with zero attached hydrogens (tertiary/aromatic N) is 1. The lowest BCUT2D eigenvalue weighted by Gasteiger charge is -2.09. The molecule has 0 spiro atoms. The van der Waals surface area contributed by atoms with Crippen LogP contribution in [0.25, 0.3) is 0 Å². The van der Waals surface area contributed by atoms with Gasteiger partial charge in [-0.15, -0.1) is 0 Å². The van der Waals surface area contributed by atoms with Crippen LogP contribution in [0.3, 0.4) is 0 Å². The molecular formula is C10H19NO3. The van der Waals surface area contributed by atoms with Crippen LogP contribution in [-0.2, 0) is 9.53 Å². The summed E-state index contributed by atoms with van der Waals surface area (Å²) in [7, 11) is 0. The molecule has 1 N–H and O–H groups in total. The Morgan fingerprint density at radius 2 is 1.93 bits per heavy atom. The number of rotatable bonds is 5. The van der Waals surface area contributed by atoms with E-state index in [2.05, 4.69) is 5.16 Å². The molecule has 0 aliphatic carbocycles. The van der Waals surface area contributed by atoms with E-state index in [0.29, 0.717) is 12.3 Å². The summed E-state index contributed by atoms with van der Waals surface area (Å²) < 4.78 is 4.91. The second-order valence-corrected chi connectivity index (χ2v) is 3.93. The third-order valence-corrected chi connectivity index (χ3v) is 1.66. The fourth-order valence-electron chi connectivity index (χ4n) is 0.900. The summed E-state index contributed by atoms with van der Waals surface area (Å²) in [5.74, 6) is -0.0539. The molecular weight excluding hydrogens is 182 g/mol. The van der Waals surface area contributed by atoms with Gasteiger partial charge in [0.25, 0.3) is 0 Å². The third kappa shape index (κ3) is 5.56. The minimum atomic E-state index is -0.525. The molecule has 0 fully saturated rings. The van der Waals surface area contributed by atoms with Crippen molar-refractivity contribution in [3.63, 3.8) is 0 Å². The predicted molar refractivity (Wildman–Crippen MR) is 54.5 cm³/mol. The Balaban J connectivity index is 4.08. The van der Waals surface area contributed by atoms with Crippen LogP contribution in [0.2, 0.25) is 0 Å². The van der Waals surface area contributed by atoms with E-state index in [4.69, 9.17) is 9.94 Å². The highest BCUT2D eigenvalue weighted by Crippen LogP contribution is 2.06. The van der Waals surface area contributed by atoms with Crippen molar-refractivity contribution >= 4 is 11.7 Å². The van der Waals surface area contributed by atoms with Crippen LogP contribution in [0.5, 0.6) is 0 Å². The van der Waals surface area contributed by atoms with Crippen molar-refractivity contribution < 1.29 is 14.7 Å². The first-order valence-corrected chi connectivity index (χ1v) is 4.89. The van der Waals surface area contributed by atoms with Crippen LogP contribution >= 0.6 is 0 Å². The van der Waals surface area contributed by atoms with Gasteiger partial charge in [-0.05, 0) is 26.2 Å². The van der Waals surface area contributed by atoms with E-state index in [1.807, 2.05) is 13.8 Å². The molecule has 0 aliphatic heterocycles. The Hall–Kier alpha value is -1.06. The quantitative estimate of drug-likeness (QED) is 0.321. The summed E-state index contributed by atoms with van der Waals surface area (Å²) in [4.78, 5) is 11.3. The van der Waals surface area contributed by atoms with E-state index < -0.39 is 5.97 Å². The molecule has 0 radical (unpaired) electrons. The molecule has 4 nitrogen and oxygen atoms in total. The van der Waals surface area contributed by atoms with E-state index in [1.54, 1.807) is 13.8 Å². The van der Waals surface area contributed by atoms with Crippen LogP contribution in [0.1, 0.15) is 40.5 Å². The minimum Gasteiger partial charge on any atom is -0.458 e. The van der Waals surface area contributed by atoms with Crippen molar-refractivity contribution in [3.8, 4) is 0 Å². The average Bonchev–Trinajstić information content (AvgIpc) is 2.03. The molecule has 0 rings (SSSR count). The van der Waals surface area contributed by atoms with Gasteiger partial charge in [0.1, 0.15) is 0 Å². The summed E-state index contributed by atoms with van der Waals surface area (Å²) in [5.41, 5.74) is 0.104. The van der Waals surface area contributed by atoms with Gasteiger partial charge in [-0.2, -0.15) is 0 Å². The number of oxime groups is 1. The van der Waals surface area contributed by atoms with Gasteiger partial charge in [-0.25, -0.2) is 4.79 Å². The smallest absolute Gasteiger partial charge is 0.356 e. The zero-order chi connectivity index (χ0) is 11.1. The standard InChI is InChI=1S/C10H19NO3/c1-7(2)5-6-9(11-13)10(12)14-8(3)4/h7-8,13H,5-6H2,1-4H3. The van der Waals surface area contributed by atoms with Gasteiger partial charge in [0, 0.05) is 6.42 Å². The van der Waals surface area contributed by atoms with Crippen molar-refractivity contribution in [2.45, 2.75) is 46.6 Å². The van der Waals surface area contributed by atoms with Gasteiger partial charge >= 0.3 is 5.97 Å². The molecule has 4 heteroatoms. The lowest BCUT2D eigenvalue weighted by molar-refractivity contribution is -0.139. The second-order valence-electron chi connectivity index (χ2n) is 3.93. The van der Waals surface area contributed by atoms with E-state index in [1.165, 1.54) is 0 Å². The number of hydrogen-bond acceptors (Lipinski definition) is 4. The highest BCUT2D eigenvalue weighted by molar-refractivity contribution is 6.36. The molecule has 82 valence electrons. The average molecular weight is 201 g/mol. The molecule has 0 amide bonds. The van der Waals surface area contributed by atoms with Crippen LogP contribution in [-0.4, -0.2) is 23.0 Å². The normalized spacial score (nSPS) is 12.3. The lowest BCUT2D eigenvalue weighted by atomic mass is 10.1. The monoisotopic (exact) mass is 201 g/mol. The van der Waals surface area contributed by atoms with Crippen LogP contribution < -0.4 is 0 Å². The van der Waals surface area contributed by atoms with Crippen LogP contribution in [0, 0.1) is 5.92 Å². The van der Waals surface area contributed by atoms with Crippen molar-refractivity contribution in [3.05, 3.63) is 0 Å². The van der Waals surface area contributed by atoms with E-state index in [0.717, 1.165) is 6.42 Å². The fraction of sp³-hybridized carbons (Fsp3) is 0.800. The number of carbonyl (C=O) groups is 1. The van der Waals surface area contributed by atoms with Crippen molar-refractivity contribution in [2.24, 2.45) is 11.1 Å². The first-order valence-electron chi connectivity index (χ1n) is 4.89. The Labute approximate surface area is 84.9 Å². The van der Waals surface area contributed by atoms with Gasteiger partial charge in [0.05, 0.1) is 6.10 Å². The number of ether oxygens (including phenoxy) is 1. The molecule has 0 aromatic heterocycles. The van der Waals surface area contributed by atoms with Crippen molar-refractivity contribution in [1.29, 1.82) is 0 Å². The van der Waals surface area contributed by atoms with E-state index in [9.17, 15) is 4.79 Å². The molecule has 0 saturated heterocycles. The maximum absolute atomic E-state index is 11.3. The molecule has 0 atom stereocenters. The molecule has 0 aromatic rings. The maximum Gasteiger partial charge on any atom is 0.356 e. The summed E-state index contributed by atoms with van der Waals surface area (Å²) in [6.45, 7) is 7.61. The molecule has 0 saturated carbocycles. The fourth-order valence-corrected chi connectivity index (χ4v) is 0.900. The lowest BCUT2D eigenvalue weighted by Crippen LogP contribution is -2.21. The maximum atomic E-state index is 11.3. The first kappa shape index (κ1) is 12.9. The van der Waals surface area contributed by atoms with E-state index >= 15 is 0 Å². The Morgan fingerprint density at radius 1 is 1.36 bits per heavy atom. The summed E-state index contributed by atoms with van der Waals surface area (Å²) in [6.07, 6.45) is 1.09. The molecule has 0 bridgehead atoms. The van der Waals surface area contributed by atoms with Gasteiger partial charge in [0.2, 0.25) is 0 Å². The number of carbonyl (C=O) groups excluding carboxylic acids is 1. The SMILES string of the molecule is CC(C)CCC(=NO)C(=O)OC(C)C. The van der Waals surface area contributed by atoms with Gasteiger partial charge in [-0.3, -0.25) is 0 Å². The molecule has 0 unspecified atom stereocenters. The summed E-state index contributed by atoms with van der Waals surface area (Å²) in [5, 5.41) is 11.6. The van der Waals surface area contributed by atoms with Crippen LogP contribution in [0.4, 0.5) is 0 Å². The number of hydrogen-bond donors (Lipinski definition) is 1. The Morgan fingerprint density at radius 3 is 2.29 bits per heavy atom. The molecule has 0 heterocycles. The zero-order valence-corrected chi connectivity index (χ0v) is 9.28. The Bertz CT molecular complexity index is 209. The highest BCUT2D eigenvalue weighted by atomic mass is 16.5. The van der Waals surface area contributed by atoms with Crippen LogP contribution in [0.15, 0.2) is 5.16 Å². The predicted octanol–water partition coefficient (Wildman–Crippen LogP) is 2.20. The number of esters is 1. The summed E-state index contributed by atoms with van der Waals surface area (Å²) in [6, 6.07) is 0. The molecule has 0 aliphatic rings.